The lowest BCUT2D eigenvalue weighted by atomic mass is 10.0. The largest absolute Gasteiger partial charge is 0.573 e. The molecule has 23 heavy (non-hydrogen) atoms. The monoisotopic (exact) mass is 337 g/mol. The number of ether oxygens (including phenoxy) is 2. The molecule has 0 aliphatic carbocycles. The van der Waals surface area contributed by atoms with Crippen LogP contribution in [0, 0.1) is 0 Å². The van der Waals surface area contributed by atoms with Crippen molar-refractivity contribution in [2.45, 2.75) is 12.7 Å². The fourth-order valence-corrected chi connectivity index (χ4v) is 1.89. The fourth-order valence-electron chi connectivity index (χ4n) is 1.89. The van der Waals surface area contributed by atoms with Crippen molar-refractivity contribution in [1.29, 1.82) is 0 Å². The summed E-state index contributed by atoms with van der Waals surface area (Å²) in [5.41, 5.74) is 5.50. The van der Waals surface area contributed by atoms with Crippen LogP contribution in [-0.4, -0.2) is 12.7 Å². The Morgan fingerprint density at radius 3 is 1.91 bits per heavy atom. The first-order chi connectivity index (χ1) is 10.6. The van der Waals surface area contributed by atoms with Gasteiger partial charge in [0.1, 0.15) is 11.5 Å². The van der Waals surface area contributed by atoms with E-state index in [1.54, 1.807) is 0 Å². The van der Waals surface area contributed by atoms with Gasteiger partial charge in [0.05, 0.1) is 0 Å². The Hall–Kier alpha value is -2.58. The average molecular weight is 337 g/mol. The van der Waals surface area contributed by atoms with Gasteiger partial charge in [0, 0.05) is 22.9 Å². The molecule has 0 unspecified atom stereocenters. The number of benzene rings is 2. The molecule has 0 atom stereocenters. The van der Waals surface area contributed by atoms with Crippen LogP contribution in [0.3, 0.4) is 0 Å². The lowest BCUT2D eigenvalue weighted by Crippen LogP contribution is -2.18. The Kier molecular flexibility index (Phi) is 4.31. The van der Waals surface area contributed by atoms with Crippen LogP contribution in [0.5, 0.6) is 11.5 Å². The van der Waals surface area contributed by atoms with Crippen LogP contribution in [0.4, 0.5) is 32.0 Å². The van der Waals surface area contributed by atoms with Gasteiger partial charge in [0.25, 0.3) is 0 Å². The first kappa shape index (κ1) is 16.8. The maximum Gasteiger partial charge on any atom is 0.573 e. The third-order valence-electron chi connectivity index (χ3n) is 2.66. The summed E-state index contributed by atoms with van der Waals surface area (Å²) in [7, 11) is 0. The Morgan fingerprint density at radius 1 is 0.739 bits per heavy atom. The molecule has 0 aliphatic heterocycles. The molecule has 124 valence electrons. The van der Waals surface area contributed by atoms with Gasteiger partial charge in [-0.1, -0.05) is 18.2 Å². The number of rotatable bonds is 3. The van der Waals surface area contributed by atoms with Crippen molar-refractivity contribution in [1.82, 2.24) is 0 Å². The number of anilines is 1. The van der Waals surface area contributed by atoms with E-state index in [1.807, 2.05) is 0 Å². The van der Waals surface area contributed by atoms with Crippen LogP contribution in [0.1, 0.15) is 0 Å². The molecular formula is C14H9F6NO2. The molecule has 2 rings (SSSR count). The normalized spacial score (nSPS) is 12.1. The van der Waals surface area contributed by atoms with Gasteiger partial charge in [-0.05, 0) is 18.2 Å². The molecular weight excluding hydrogens is 328 g/mol. The average Bonchev–Trinajstić information content (AvgIpc) is 2.36. The summed E-state index contributed by atoms with van der Waals surface area (Å²) in [6.07, 6.45) is -9.81. The topological polar surface area (TPSA) is 44.5 Å². The molecule has 0 saturated heterocycles. The third-order valence-corrected chi connectivity index (χ3v) is 2.66. The van der Waals surface area contributed by atoms with Crippen LogP contribution < -0.4 is 15.2 Å². The molecule has 9 heteroatoms. The van der Waals surface area contributed by atoms with Gasteiger partial charge in [-0.15, -0.1) is 26.3 Å². The molecule has 0 amide bonds. The van der Waals surface area contributed by atoms with Crippen molar-refractivity contribution < 1.29 is 35.8 Å². The third kappa shape index (κ3) is 4.70. The van der Waals surface area contributed by atoms with Crippen molar-refractivity contribution in [3.8, 4) is 22.6 Å². The zero-order chi connectivity index (χ0) is 17.3. The van der Waals surface area contributed by atoms with Gasteiger partial charge in [-0.3, -0.25) is 0 Å². The molecule has 0 aromatic heterocycles. The zero-order valence-electron chi connectivity index (χ0n) is 11.2. The number of nitrogen functional groups attached to an aromatic ring is 1. The number of hydrogen-bond acceptors (Lipinski definition) is 3. The van der Waals surface area contributed by atoms with Gasteiger partial charge in [0.15, 0.2) is 0 Å². The molecule has 2 N–H and O–H groups in total. The van der Waals surface area contributed by atoms with E-state index in [-0.39, 0.29) is 16.8 Å². The van der Waals surface area contributed by atoms with E-state index in [9.17, 15) is 26.3 Å². The maximum atomic E-state index is 12.4. The molecule has 0 bridgehead atoms. The van der Waals surface area contributed by atoms with Crippen LogP contribution in [0.2, 0.25) is 0 Å². The Balaban J connectivity index is 2.40. The van der Waals surface area contributed by atoms with Crippen LogP contribution in [0.15, 0.2) is 42.5 Å². The zero-order valence-corrected chi connectivity index (χ0v) is 11.2. The first-order valence-electron chi connectivity index (χ1n) is 6.05. The highest BCUT2D eigenvalue weighted by Crippen LogP contribution is 2.38. The van der Waals surface area contributed by atoms with Crippen molar-refractivity contribution >= 4 is 5.69 Å². The molecule has 3 nitrogen and oxygen atoms in total. The lowest BCUT2D eigenvalue weighted by Gasteiger charge is -2.15. The predicted octanol–water partition coefficient (Wildman–Crippen LogP) is 4.73. The molecule has 0 spiro atoms. The molecule has 0 fully saturated rings. The Bertz CT molecular complexity index is 696. The minimum Gasteiger partial charge on any atom is -0.406 e. The van der Waals surface area contributed by atoms with Gasteiger partial charge in [-0.2, -0.15) is 0 Å². The van der Waals surface area contributed by atoms with Crippen molar-refractivity contribution in [3.05, 3.63) is 42.5 Å². The molecule has 0 saturated carbocycles. The van der Waals surface area contributed by atoms with Crippen LogP contribution in [-0.2, 0) is 0 Å². The van der Waals surface area contributed by atoms with Gasteiger partial charge in [-0.25, -0.2) is 0 Å². The molecule has 0 heterocycles. The van der Waals surface area contributed by atoms with E-state index in [0.717, 1.165) is 24.3 Å². The highest BCUT2D eigenvalue weighted by atomic mass is 19.4. The number of hydrogen-bond donors (Lipinski definition) is 1. The summed E-state index contributed by atoms with van der Waals surface area (Å²) in [4.78, 5) is 0. The maximum absolute atomic E-state index is 12.4. The predicted molar refractivity (Wildman–Crippen MR) is 69.7 cm³/mol. The van der Waals surface area contributed by atoms with E-state index in [1.165, 1.54) is 18.2 Å². The molecule has 0 radical (unpaired) electrons. The minimum absolute atomic E-state index is 0.0131. The van der Waals surface area contributed by atoms with E-state index in [2.05, 4.69) is 9.47 Å². The number of para-hydroxylation sites is 1. The summed E-state index contributed by atoms with van der Waals surface area (Å²) in [5, 5.41) is 0. The number of nitrogens with two attached hydrogens (primary N) is 1. The Labute approximate surface area is 126 Å². The number of alkyl halides is 6. The second-order valence-corrected chi connectivity index (χ2v) is 4.34. The quantitative estimate of drug-likeness (QED) is 0.650. The van der Waals surface area contributed by atoms with Gasteiger partial charge >= 0.3 is 12.7 Å². The summed E-state index contributed by atoms with van der Waals surface area (Å²) in [6, 6.07) is 8.07. The summed E-state index contributed by atoms with van der Waals surface area (Å²) >= 11 is 0. The second-order valence-electron chi connectivity index (χ2n) is 4.34. The highest BCUT2D eigenvalue weighted by molar-refractivity contribution is 5.81. The van der Waals surface area contributed by atoms with Gasteiger partial charge < -0.3 is 15.2 Å². The SMILES string of the molecule is Nc1cc(OC(F)(F)F)ccc1-c1ccccc1OC(F)(F)F. The standard InChI is InChI=1S/C14H9F6NO2/c15-13(16,17)22-8-5-6-9(11(21)7-8)10-3-1-2-4-12(10)23-14(18,19)20/h1-7H,21H2. The van der Waals surface area contributed by atoms with Crippen molar-refractivity contribution in [2.24, 2.45) is 0 Å². The van der Waals surface area contributed by atoms with E-state index in [0.29, 0.717) is 0 Å². The van der Waals surface area contributed by atoms with Crippen LogP contribution >= 0.6 is 0 Å². The lowest BCUT2D eigenvalue weighted by molar-refractivity contribution is -0.275. The van der Waals surface area contributed by atoms with Crippen molar-refractivity contribution in [3.63, 3.8) is 0 Å². The summed E-state index contributed by atoms with van der Waals surface area (Å²) in [6.45, 7) is 0. The second kappa shape index (κ2) is 5.90. The van der Waals surface area contributed by atoms with E-state index < -0.39 is 24.2 Å². The highest BCUT2D eigenvalue weighted by Gasteiger charge is 2.33. The molecule has 0 aliphatic rings. The molecule has 2 aromatic carbocycles. The smallest absolute Gasteiger partial charge is 0.406 e. The van der Waals surface area contributed by atoms with Crippen LogP contribution in [0.25, 0.3) is 11.1 Å². The minimum atomic E-state index is -4.91. The fraction of sp³-hybridized carbons (Fsp3) is 0.143. The van der Waals surface area contributed by atoms with E-state index >= 15 is 0 Å². The summed E-state index contributed by atoms with van der Waals surface area (Å²) in [5.74, 6) is -1.09. The van der Waals surface area contributed by atoms with Gasteiger partial charge in [0.2, 0.25) is 0 Å². The molecule has 2 aromatic rings. The summed E-state index contributed by atoms with van der Waals surface area (Å²) < 4.78 is 81.2. The van der Waals surface area contributed by atoms with E-state index in [4.69, 9.17) is 5.73 Å². The first-order valence-corrected chi connectivity index (χ1v) is 6.05. The van der Waals surface area contributed by atoms with Crippen molar-refractivity contribution in [2.75, 3.05) is 5.73 Å². The number of halogens is 6. The Morgan fingerprint density at radius 2 is 1.35 bits per heavy atom.